The number of fused-ring (bicyclic) bond motifs is 1. The first kappa shape index (κ1) is 28.3. The number of rotatable bonds is 7. The van der Waals surface area contributed by atoms with Gasteiger partial charge in [0.05, 0.1) is 5.69 Å². The largest absolute Gasteiger partial charge is 0.369 e. The lowest BCUT2D eigenvalue weighted by Crippen LogP contribution is -2.44. The van der Waals surface area contributed by atoms with Crippen molar-refractivity contribution in [1.82, 2.24) is 4.90 Å². The minimum absolute atomic E-state index is 0.190. The van der Waals surface area contributed by atoms with Crippen molar-refractivity contribution >= 4 is 58.2 Å². The highest BCUT2D eigenvalue weighted by Gasteiger charge is 2.30. The van der Waals surface area contributed by atoms with Crippen LogP contribution in [0.4, 0.5) is 22.7 Å². The van der Waals surface area contributed by atoms with Gasteiger partial charge in [0.25, 0.3) is 5.91 Å². The summed E-state index contributed by atoms with van der Waals surface area (Å²) in [7, 11) is 2.14. The fraction of sp³-hybridized carbons (Fsp3) is 0.176. The zero-order valence-corrected chi connectivity index (χ0v) is 24.3. The Morgan fingerprint density at radius 3 is 2.33 bits per heavy atom. The molecule has 216 valence electrons. The molecule has 0 aromatic heterocycles. The summed E-state index contributed by atoms with van der Waals surface area (Å²) in [6.07, 6.45) is 1.65. The van der Waals surface area contributed by atoms with Gasteiger partial charge in [-0.1, -0.05) is 35.9 Å². The number of piperazine rings is 1. The van der Waals surface area contributed by atoms with Gasteiger partial charge in [0, 0.05) is 71.2 Å². The van der Waals surface area contributed by atoms with Crippen molar-refractivity contribution in [2.24, 2.45) is 4.99 Å². The third-order valence-corrected chi connectivity index (χ3v) is 8.02. The number of carbonyl (C=O) groups is 3. The summed E-state index contributed by atoms with van der Waals surface area (Å²) in [4.78, 5) is 48.0. The van der Waals surface area contributed by atoms with E-state index in [1.165, 1.54) is 5.69 Å². The average Bonchev–Trinajstić information content (AvgIpc) is 3.34. The molecule has 8 nitrogen and oxygen atoms in total. The molecule has 4 aromatic rings. The second-order valence-corrected chi connectivity index (χ2v) is 11.2. The Labute approximate surface area is 255 Å². The number of benzene rings is 4. The highest BCUT2D eigenvalue weighted by Crippen LogP contribution is 2.33. The van der Waals surface area contributed by atoms with E-state index in [2.05, 4.69) is 44.6 Å². The van der Waals surface area contributed by atoms with Crippen molar-refractivity contribution in [3.8, 4) is 0 Å². The quantitative estimate of drug-likeness (QED) is 0.203. The molecule has 1 saturated heterocycles. The molecular weight excluding hydrogens is 562 g/mol. The van der Waals surface area contributed by atoms with Gasteiger partial charge in [-0.2, -0.15) is 0 Å². The minimum atomic E-state index is -0.553. The molecule has 4 aromatic carbocycles. The van der Waals surface area contributed by atoms with Crippen LogP contribution < -0.4 is 15.5 Å². The van der Waals surface area contributed by atoms with Crippen LogP contribution in [0.25, 0.3) is 0 Å². The van der Waals surface area contributed by atoms with E-state index in [0.717, 1.165) is 37.4 Å². The van der Waals surface area contributed by atoms with Crippen LogP contribution in [0.3, 0.4) is 0 Å². The molecule has 43 heavy (non-hydrogen) atoms. The number of halogens is 1. The number of ketones is 1. The number of carbonyl (C=O) groups excluding carboxylic acids is 3. The summed E-state index contributed by atoms with van der Waals surface area (Å²) in [6, 6.07) is 26.6. The van der Waals surface area contributed by atoms with Crippen LogP contribution in [-0.2, 0) is 4.79 Å². The van der Waals surface area contributed by atoms with Gasteiger partial charge in [0.2, 0.25) is 5.91 Å². The van der Waals surface area contributed by atoms with Crippen molar-refractivity contribution < 1.29 is 14.4 Å². The Kier molecular flexibility index (Phi) is 8.05. The predicted octanol–water partition coefficient (Wildman–Crippen LogP) is 6.01. The second-order valence-electron chi connectivity index (χ2n) is 10.7. The van der Waals surface area contributed by atoms with Gasteiger partial charge in [0.15, 0.2) is 5.78 Å². The number of nitrogens with zero attached hydrogens (tertiary/aromatic N) is 3. The smallest absolute Gasteiger partial charge is 0.255 e. The number of nitrogens with one attached hydrogen (secondary N) is 2. The fourth-order valence-corrected chi connectivity index (χ4v) is 5.39. The molecule has 0 spiro atoms. The SMILES string of the molecule is CN1CCN(c2ccc(N=CC3C(=O)Nc4cc(C(=O)c5cccc(NC(=O)c6ccc(Cl)cc6)c5)ccc43)cc2)CC1. The van der Waals surface area contributed by atoms with Crippen LogP contribution in [0.1, 0.15) is 37.8 Å². The van der Waals surface area contributed by atoms with Gasteiger partial charge >= 0.3 is 0 Å². The van der Waals surface area contributed by atoms with Crippen LogP contribution >= 0.6 is 11.6 Å². The first-order valence-electron chi connectivity index (χ1n) is 14.1. The Bertz CT molecular complexity index is 1710. The van der Waals surface area contributed by atoms with E-state index in [1.54, 1.807) is 72.9 Å². The van der Waals surface area contributed by atoms with Gasteiger partial charge in [0.1, 0.15) is 5.92 Å². The monoisotopic (exact) mass is 591 g/mol. The van der Waals surface area contributed by atoms with Crippen LogP contribution in [0.5, 0.6) is 0 Å². The molecule has 2 amide bonds. The van der Waals surface area contributed by atoms with Gasteiger partial charge in [-0.25, -0.2) is 0 Å². The summed E-state index contributed by atoms with van der Waals surface area (Å²) >= 11 is 5.91. The van der Waals surface area contributed by atoms with Crippen molar-refractivity contribution in [2.45, 2.75) is 5.92 Å². The van der Waals surface area contributed by atoms with Gasteiger partial charge in [-0.15, -0.1) is 0 Å². The topological polar surface area (TPSA) is 94.1 Å². The zero-order chi connectivity index (χ0) is 29.9. The highest BCUT2D eigenvalue weighted by molar-refractivity contribution is 6.30. The maximum atomic E-state index is 13.4. The summed E-state index contributed by atoms with van der Waals surface area (Å²) < 4.78 is 0. The molecular formula is C34H30ClN5O3. The van der Waals surface area contributed by atoms with Crippen LogP contribution in [0, 0.1) is 0 Å². The van der Waals surface area contributed by atoms with E-state index < -0.39 is 5.92 Å². The third-order valence-electron chi connectivity index (χ3n) is 7.77. The van der Waals surface area contributed by atoms with Crippen molar-refractivity contribution in [2.75, 3.05) is 48.8 Å². The Hall–Kier alpha value is -4.79. The second kappa shape index (κ2) is 12.2. The van der Waals surface area contributed by atoms with E-state index in [-0.39, 0.29) is 17.6 Å². The van der Waals surface area contributed by atoms with Gasteiger partial charge in [-0.05, 0) is 79.3 Å². The van der Waals surface area contributed by atoms with Crippen LogP contribution in [0.15, 0.2) is 96.0 Å². The van der Waals surface area contributed by atoms with Crippen LogP contribution in [-0.4, -0.2) is 61.9 Å². The first-order chi connectivity index (χ1) is 20.8. The van der Waals surface area contributed by atoms with E-state index in [4.69, 9.17) is 11.6 Å². The number of likely N-dealkylation sites (N-methyl/N-ethyl adjacent to an activating group) is 1. The molecule has 1 fully saturated rings. The van der Waals surface area contributed by atoms with Crippen molar-refractivity contribution in [1.29, 1.82) is 0 Å². The van der Waals surface area contributed by atoms with Gasteiger partial charge < -0.3 is 20.4 Å². The summed E-state index contributed by atoms with van der Waals surface area (Å²) in [5.41, 5.74) is 5.09. The van der Waals surface area contributed by atoms with Crippen molar-refractivity contribution in [3.63, 3.8) is 0 Å². The van der Waals surface area contributed by atoms with Crippen molar-refractivity contribution in [3.05, 3.63) is 118 Å². The molecule has 2 aliphatic heterocycles. The maximum Gasteiger partial charge on any atom is 0.255 e. The first-order valence-corrected chi connectivity index (χ1v) is 14.5. The Morgan fingerprint density at radius 1 is 0.884 bits per heavy atom. The number of hydrogen-bond acceptors (Lipinski definition) is 6. The normalized spacial score (nSPS) is 16.7. The lowest BCUT2D eigenvalue weighted by Gasteiger charge is -2.34. The molecule has 2 aliphatic rings. The predicted molar refractivity (Wildman–Crippen MR) is 171 cm³/mol. The molecule has 6 rings (SSSR count). The summed E-state index contributed by atoms with van der Waals surface area (Å²) in [5.74, 6) is -1.27. The maximum absolute atomic E-state index is 13.4. The lowest BCUT2D eigenvalue weighted by molar-refractivity contribution is -0.115. The number of anilines is 3. The molecule has 1 atom stereocenters. The molecule has 9 heteroatoms. The molecule has 2 heterocycles. The van der Waals surface area contributed by atoms with Crippen LogP contribution in [0.2, 0.25) is 5.02 Å². The Morgan fingerprint density at radius 2 is 1.58 bits per heavy atom. The number of amides is 2. The van der Waals surface area contributed by atoms with Gasteiger partial charge in [-0.3, -0.25) is 19.4 Å². The molecule has 2 N–H and O–H groups in total. The van der Waals surface area contributed by atoms with E-state index in [9.17, 15) is 14.4 Å². The average molecular weight is 592 g/mol. The highest BCUT2D eigenvalue weighted by atomic mass is 35.5. The Balaban J connectivity index is 1.13. The van der Waals surface area contributed by atoms with E-state index in [1.807, 2.05) is 12.1 Å². The summed E-state index contributed by atoms with van der Waals surface area (Å²) in [5, 5.41) is 6.24. The molecule has 0 aliphatic carbocycles. The zero-order valence-electron chi connectivity index (χ0n) is 23.6. The lowest BCUT2D eigenvalue weighted by atomic mass is 9.97. The molecule has 0 radical (unpaired) electrons. The van der Waals surface area contributed by atoms with E-state index >= 15 is 0 Å². The molecule has 1 unspecified atom stereocenters. The number of aliphatic imine (C=N–C) groups is 1. The fourth-order valence-electron chi connectivity index (χ4n) is 5.26. The molecule has 0 saturated carbocycles. The number of hydrogen-bond donors (Lipinski definition) is 2. The third kappa shape index (κ3) is 6.35. The summed E-state index contributed by atoms with van der Waals surface area (Å²) in [6.45, 7) is 4.07. The minimum Gasteiger partial charge on any atom is -0.369 e. The molecule has 0 bridgehead atoms. The van der Waals surface area contributed by atoms with E-state index in [0.29, 0.717) is 33.1 Å². The standard InChI is InChI=1S/C34H30ClN5O3/c1-39-15-17-40(18-16-39)28-12-10-26(11-13-28)36-21-30-29-14-7-24(20-31(29)38-34(30)43)32(41)23-3-2-4-27(19-23)37-33(42)22-5-8-25(35)9-6-22/h2-14,19-21,30H,15-18H2,1H3,(H,37,42)(H,38,43).